The predicted octanol–water partition coefficient (Wildman–Crippen LogP) is 2.77. The highest BCUT2D eigenvalue weighted by molar-refractivity contribution is 6.08. The lowest BCUT2D eigenvalue weighted by atomic mass is 9.90. The number of benzene rings is 1. The first-order valence-electron chi connectivity index (χ1n) is 7.89. The molecular weight excluding hydrogens is 294 g/mol. The number of hydrogen-bond acceptors (Lipinski definition) is 5. The molecule has 1 aliphatic heterocycles. The average molecular weight is 317 g/mol. The van der Waals surface area contributed by atoms with Crippen LogP contribution in [-0.4, -0.2) is 35.9 Å². The van der Waals surface area contributed by atoms with Crippen LogP contribution in [0.2, 0.25) is 0 Å². The summed E-state index contributed by atoms with van der Waals surface area (Å²) in [6.07, 6.45) is -0.541. The highest BCUT2D eigenvalue weighted by Gasteiger charge is 2.45. The molecule has 0 saturated carbocycles. The van der Waals surface area contributed by atoms with Gasteiger partial charge < -0.3 is 9.47 Å². The van der Waals surface area contributed by atoms with Gasteiger partial charge in [-0.15, -0.1) is 0 Å². The minimum Gasteiger partial charge on any atom is -0.466 e. The van der Waals surface area contributed by atoms with Gasteiger partial charge in [0.1, 0.15) is 6.10 Å². The van der Waals surface area contributed by atoms with E-state index >= 15 is 0 Å². The van der Waals surface area contributed by atoms with Crippen molar-refractivity contribution in [3.8, 4) is 0 Å². The van der Waals surface area contributed by atoms with Crippen LogP contribution in [0.5, 0.6) is 0 Å². The molecule has 1 aromatic rings. The fourth-order valence-electron chi connectivity index (χ4n) is 2.57. The molecule has 0 bridgehead atoms. The topological polar surface area (TPSA) is 65.0 Å². The zero-order valence-electron chi connectivity index (χ0n) is 14.0. The highest BCUT2D eigenvalue weighted by atomic mass is 16.6. The van der Waals surface area contributed by atoms with Gasteiger partial charge >= 0.3 is 11.9 Å². The van der Waals surface area contributed by atoms with Crippen molar-refractivity contribution in [2.24, 2.45) is 10.9 Å². The van der Waals surface area contributed by atoms with Crippen LogP contribution in [-0.2, 0) is 19.1 Å². The number of esters is 2. The van der Waals surface area contributed by atoms with E-state index in [0.29, 0.717) is 5.71 Å². The lowest BCUT2D eigenvalue weighted by Crippen LogP contribution is -2.49. The number of carbonyl (C=O) groups is 2. The first kappa shape index (κ1) is 17.2. The number of aliphatic imine (C=N–C) groups is 1. The minimum atomic E-state index is -1.25. The third-order valence-corrected chi connectivity index (χ3v) is 3.78. The SMILES string of the molecule is CCOC(=O)C[C@@]1(C)N=C(c2ccccc2)[C@H](C(C)C)OC1=O. The predicted molar refractivity (Wildman–Crippen MR) is 87.4 cm³/mol. The molecule has 2 atom stereocenters. The molecule has 1 aromatic carbocycles. The van der Waals surface area contributed by atoms with Crippen molar-refractivity contribution in [3.05, 3.63) is 35.9 Å². The van der Waals surface area contributed by atoms with E-state index < -0.39 is 23.6 Å². The zero-order valence-corrected chi connectivity index (χ0v) is 14.0. The van der Waals surface area contributed by atoms with Crippen LogP contribution in [0.4, 0.5) is 0 Å². The van der Waals surface area contributed by atoms with Crippen LogP contribution < -0.4 is 0 Å². The van der Waals surface area contributed by atoms with Crippen LogP contribution in [0.1, 0.15) is 39.7 Å². The van der Waals surface area contributed by atoms with Crippen molar-refractivity contribution in [1.82, 2.24) is 0 Å². The molecule has 5 nitrogen and oxygen atoms in total. The molecule has 0 N–H and O–H groups in total. The van der Waals surface area contributed by atoms with E-state index in [1.54, 1.807) is 13.8 Å². The second-order valence-electron chi connectivity index (χ2n) is 6.19. The second-order valence-corrected chi connectivity index (χ2v) is 6.19. The number of hydrogen-bond donors (Lipinski definition) is 0. The van der Waals surface area contributed by atoms with Crippen LogP contribution in [0.3, 0.4) is 0 Å². The van der Waals surface area contributed by atoms with Gasteiger partial charge in [0.2, 0.25) is 0 Å². The molecule has 0 amide bonds. The number of ether oxygens (including phenoxy) is 2. The molecular formula is C18H23NO4. The van der Waals surface area contributed by atoms with Gasteiger partial charge in [-0.25, -0.2) is 4.79 Å². The summed E-state index contributed by atoms with van der Waals surface area (Å²) in [4.78, 5) is 28.9. The molecule has 5 heteroatoms. The van der Waals surface area contributed by atoms with Gasteiger partial charge in [-0.05, 0) is 25.3 Å². The van der Waals surface area contributed by atoms with Crippen molar-refractivity contribution >= 4 is 17.7 Å². The summed E-state index contributed by atoms with van der Waals surface area (Å²) in [7, 11) is 0. The van der Waals surface area contributed by atoms with Crippen molar-refractivity contribution in [3.63, 3.8) is 0 Å². The molecule has 2 rings (SSSR count). The largest absolute Gasteiger partial charge is 0.466 e. The maximum Gasteiger partial charge on any atom is 0.335 e. The lowest BCUT2D eigenvalue weighted by Gasteiger charge is -2.35. The van der Waals surface area contributed by atoms with E-state index in [2.05, 4.69) is 4.99 Å². The maximum atomic E-state index is 12.4. The molecule has 1 aliphatic rings. The molecule has 0 aliphatic carbocycles. The number of rotatable bonds is 5. The van der Waals surface area contributed by atoms with Crippen molar-refractivity contribution in [1.29, 1.82) is 0 Å². The third kappa shape index (κ3) is 3.78. The maximum absolute atomic E-state index is 12.4. The van der Waals surface area contributed by atoms with Gasteiger partial charge in [-0.2, -0.15) is 0 Å². The van der Waals surface area contributed by atoms with E-state index in [1.165, 1.54) is 0 Å². The molecule has 23 heavy (non-hydrogen) atoms. The smallest absolute Gasteiger partial charge is 0.335 e. The Balaban J connectivity index is 2.42. The van der Waals surface area contributed by atoms with Crippen LogP contribution in [0, 0.1) is 5.92 Å². The molecule has 1 heterocycles. The molecule has 0 spiro atoms. The van der Waals surface area contributed by atoms with Crippen LogP contribution in [0.15, 0.2) is 35.3 Å². The number of cyclic esters (lactones) is 1. The van der Waals surface area contributed by atoms with E-state index in [9.17, 15) is 9.59 Å². The molecule has 0 radical (unpaired) electrons. The fraction of sp³-hybridized carbons (Fsp3) is 0.500. The lowest BCUT2D eigenvalue weighted by molar-refractivity contribution is -0.160. The molecule has 0 unspecified atom stereocenters. The van der Waals surface area contributed by atoms with E-state index in [-0.39, 0.29) is 18.9 Å². The summed E-state index contributed by atoms with van der Waals surface area (Å²) >= 11 is 0. The second kappa shape index (κ2) is 6.94. The van der Waals surface area contributed by atoms with Gasteiger partial charge in [0.05, 0.1) is 18.7 Å². The molecule has 124 valence electrons. The molecule has 0 saturated heterocycles. The molecule has 0 fully saturated rings. The Morgan fingerprint density at radius 3 is 2.57 bits per heavy atom. The molecule has 0 aromatic heterocycles. The van der Waals surface area contributed by atoms with Crippen molar-refractivity contribution in [2.75, 3.05) is 6.61 Å². The fourth-order valence-corrected chi connectivity index (χ4v) is 2.57. The summed E-state index contributed by atoms with van der Waals surface area (Å²) in [5.74, 6) is -0.847. The summed E-state index contributed by atoms with van der Waals surface area (Å²) in [5, 5.41) is 0. The quantitative estimate of drug-likeness (QED) is 0.783. The van der Waals surface area contributed by atoms with Gasteiger partial charge in [-0.3, -0.25) is 9.79 Å². The number of carbonyl (C=O) groups excluding carboxylic acids is 2. The Kier molecular flexibility index (Phi) is 5.19. The van der Waals surface area contributed by atoms with E-state index in [0.717, 1.165) is 5.56 Å². The van der Waals surface area contributed by atoms with Crippen molar-refractivity contribution in [2.45, 2.75) is 45.8 Å². The van der Waals surface area contributed by atoms with Gasteiger partial charge in [0.25, 0.3) is 0 Å². The van der Waals surface area contributed by atoms with Gasteiger partial charge in [-0.1, -0.05) is 44.2 Å². The number of nitrogens with zero attached hydrogens (tertiary/aromatic N) is 1. The first-order chi connectivity index (χ1) is 10.9. The summed E-state index contributed by atoms with van der Waals surface area (Å²) in [6, 6.07) is 9.60. The Labute approximate surface area is 136 Å². The first-order valence-corrected chi connectivity index (χ1v) is 7.89. The van der Waals surface area contributed by atoms with Crippen molar-refractivity contribution < 1.29 is 19.1 Å². The van der Waals surface area contributed by atoms with Gasteiger partial charge in [0.15, 0.2) is 5.54 Å². The van der Waals surface area contributed by atoms with E-state index in [1.807, 2.05) is 44.2 Å². The minimum absolute atomic E-state index is 0.0880. The van der Waals surface area contributed by atoms with E-state index in [4.69, 9.17) is 9.47 Å². The Hall–Kier alpha value is -2.17. The highest BCUT2D eigenvalue weighted by Crippen LogP contribution is 2.29. The normalized spacial score (nSPS) is 24.1. The summed E-state index contributed by atoms with van der Waals surface area (Å²) in [5.41, 5.74) is 0.351. The Bertz CT molecular complexity index is 609. The third-order valence-electron chi connectivity index (χ3n) is 3.78. The summed E-state index contributed by atoms with van der Waals surface area (Å²) in [6.45, 7) is 7.57. The van der Waals surface area contributed by atoms with Gasteiger partial charge in [0, 0.05) is 0 Å². The monoisotopic (exact) mass is 317 g/mol. The van der Waals surface area contributed by atoms with Crippen LogP contribution >= 0.6 is 0 Å². The Morgan fingerprint density at radius 1 is 1.35 bits per heavy atom. The Morgan fingerprint density at radius 2 is 2.00 bits per heavy atom. The van der Waals surface area contributed by atoms with Crippen LogP contribution in [0.25, 0.3) is 0 Å². The summed E-state index contributed by atoms with van der Waals surface area (Å²) < 4.78 is 10.6. The zero-order chi connectivity index (χ0) is 17.0. The average Bonchev–Trinajstić information content (AvgIpc) is 2.50. The standard InChI is InChI=1S/C18H23NO4/c1-5-22-14(20)11-18(4)17(21)23-16(12(2)3)15(19-18)13-9-7-6-8-10-13/h6-10,12,16H,5,11H2,1-4H3/t16-,18+/m0/s1.